The largest absolute Gasteiger partial charge is 0.313 e. The van der Waals surface area contributed by atoms with Crippen molar-refractivity contribution in [2.75, 3.05) is 25.1 Å². The van der Waals surface area contributed by atoms with Gasteiger partial charge in [-0.2, -0.15) is 11.8 Å². The molecule has 1 N–H and O–H groups in total. The molecule has 0 aromatic heterocycles. The topological polar surface area (TPSA) is 29.1 Å². The number of likely N-dealkylation sites (N-methyl/N-ethyl adjacent to an activating group) is 1. The van der Waals surface area contributed by atoms with Crippen molar-refractivity contribution in [3.63, 3.8) is 0 Å². The van der Waals surface area contributed by atoms with Gasteiger partial charge in [0.2, 0.25) is 0 Å². The minimum atomic E-state index is 0.210. The van der Waals surface area contributed by atoms with E-state index in [0.717, 1.165) is 5.56 Å². The number of Topliss-reactive ketones (excluding diaryl/α,β-unsaturated/α-hetero) is 1. The maximum atomic E-state index is 12.0. The molecule has 1 aromatic carbocycles. The number of hydrogen-bond donors (Lipinski definition) is 1. The Labute approximate surface area is 107 Å². The molecule has 1 fully saturated rings. The van der Waals surface area contributed by atoms with Gasteiger partial charge in [0.1, 0.15) is 0 Å². The van der Waals surface area contributed by atoms with Crippen LogP contribution in [0.25, 0.3) is 0 Å². The van der Waals surface area contributed by atoms with E-state index < -0.39 is 0 Å². The number of nitrogens with one attached hydrogen (secondary N) is 1. The fourth-order valence-electron chi connectivity index (χ4n) is 2.37. The number of benzene rings is 1. The molecule has 0 spiro atoms. The summed E-state index contributed by atoms with van der Waals surface area (Å²) in [5.41, 5.74) is 2.17. The smallest absolute Gasteiger partial charge is 0.176 e. The Hall–Kier alpha value is -0.800. The molecule has 2 nitrogen and oxygen atoms in total. The molecule has 1 saturated heterocycles. The number of carbonyl (C=O) groups excluding carboxylic acids is 1. The molecule has 3 heteroatoms. The van der Waals surface area contributed by atoms with Crippen molar-refractivity contribution in [1.29, 1.82) is 0 Å². The number of thioether (sulfide) groups is 1. The molecule has 1 heterocycles. The summed E-state index contributed by atoms with van der Waals surface area (Å²) < 4.78 is 0. The Bertz CT molecular complexity index is 386. The van der Waals surface area contributed by atoms with E-state index in [4.69, 9.17) is 0 Å². The van der Waals surface area contributed by atoms with Crippen LogP contribution in [0.1, 0.15) is 34.7 Å². The third kappa shape index (κ3) is 3.11. The molecule has 0 bridgehead atoms. The van der Waals surface area contributed by atoms with Crippen LogP contribution in [0.4, 0.5) is 0 Å². The maximum absolute atomic E-state index is 12.0. The lowest BCUT2D eigenvalue weighted by Gasteiger charge is -2.23. The minimum Gasteiger partial charge on any atom is -0.313 e. The molecular formula is C14H19NOS. The van der Waals surface area contributed by atoms with E-state index in [1.54, 1.807) is 0 Å². The molecule has 0 aliphatic carbocycles. The van der Waals surface area contributed by atoms with Crippen molar-refractivity contribution in [3.05, 3.63) is 35.4 Å². The fraction of sp³-hybridized carbons (Fsp3) is 0.500. The second kappa shape index (κ2) is 6.22. The molecule has 1 aliphatic rings. The molecular weight excluding hydrogens is 230 g/mol. The van der Waals surface area contributed by atoms with Gasteiger partial charge in [-0.05, 0) is 42.9 Å². The van der Waals surface area contributed by atoms with Crippen molar-refractivity contribution in [2.24, 2.45) is 0 Å². The standard InChI is InChI=1S/C14H19NOS/c1-15-10-14(16)13-5-3-2-4-12(13)11-6-8-17-9-7-11/h2-5,11,15H,6-10H2,1H3. The molecule has 17 heavy (non-hydrogen) atoms. The number of hydrogen-bond acceptors (Lipinski definition) is 3. The van der Waals surface area contributed by atoms with E-state index in [9.17, 15) is 4.79 Å². The fourth-order valence-corrected chi connectivity index (χ4v) is 3.48. The average molecular weight is 249 g/mol. The lowest BCUT2D eigenvalue weighted by molar-refractivity contribution is 0.0992. The van der Waals surface area contributed by atoms with E-state index in [2.05, 4.69) is 11.4 Å². The summed E-state index contributed by atoms with van der Waals surface area (Å²) in [4.78, 5) is 12.0. The van der Waals surface area contributed by atoms with E-state index in [1.165, 1.54) is 29.9 Å². The van der Waals surface area contributed by atoms with Crippen molar-refractivity contribution in [2.45, 2.75) is 18.8 Å². The number of carbonyl (C=O) groups is 1. The summed E-state index contributed by atoms with van der Waals surface area (Å²) in [5.74, 6) is 3.23. The van der Waals surface area contributed by atoms with Gasteiger partial charge in [-0.25, -0.2) is 0 Å². The molecule has 0 saturated carbocycles. The van der Waals surface area contributed by atoms with Crippen LogP contribution in [0.2, 0.25) is 0 Å². The van der Waals surface area contributed by atoms with Crippen molar-refractivity contribution in [1.82, 2.24) is 5.32 Å². The lowest BCUT2D eigenvalue weighted by Crippen LogP contribution is -2.21. The summed E-state index contributed by atoms with van der Waals surface area (Å²) in [7, 11) is 1.82. The third-order valence-corrected chi connectivity index (χ3v) is 4.31. The highest BCUT2D eigenvalue weighted by Crippen LogP contribution is 2.33. The number of rotatable bonds is 4. The summed E-state index contributed by atoms with van der Waals surface area (Å²) in [6.45, 7) is 0.429. The van der Waals surface area contributed by atoms with Crippen LogP contribution < -0.4 is 5.32 Å². The Morgan fingerprint density at radius 1 is 1.35 bits per heavy atom. The van der Waals surface area contributed by atoms with Crippen LogP contribution in [-0.4, -0.2) is 30.9 Å². The predicted octanol–water partition coefficient (Wildman–Crippen LogP) is 2.70. The van der Waals surface area contributed by atoms with Gasteiger partial charge in [0.05, 0.1) is 6.54 Å². The van der Waals surface area contributed by atoms with Crippen molar-refractivity contribution in [3.8, 4) is 0 Å². The van der Waals surface area contributed by atoms with Crippen LogP contribution in [0.3, 0.4) is 0 Å². The summed E-state index contributed by atoms with van der Waals surface area (Å²) in [6, 6.07) is 8.11. The zero-order valence-corrected chi connectivity index (χ0v) is 11.1. The molecule has 0 unspecified atom stereocenters. The summed E-state index contributed by atoms with van der Waals surface area (Å²) in [6.07, 6.45) is 2.41. The molecule has 1 aromatic rings. The first-order valence-electron chi connectivity index (χ1n) is 6.17. The molecule has 92 valence electrons. The van der Waals surface area contributed by atoms with Crippen molar-refractivity contribution >= 4 is 17.5 Å². The van der Waals surface area contributed by atoms with Crippen LogP contribution in [0.15, 0.2) is 24.3 Å². The molecule has 0 atom stereocenters. The first-order chi connectivity index (χ1) is 8.33. The Balaban J connectivity index is 2.23. The van der Waals surface area contributed by atoms with Gasteiger partial charge in [-0.15, -0.1) is 0 Å². The van der Waals surface area contributed by atoms with Crippen LogP contribution in [0, 0.1) is 0 Å². The van der Waals surface area contributed by atoms with Crippen molar-refractivity contribution < 1.29 is 4.79 Å². The first-order valence-corrected chi connectivity index (χ1v) is 7.33. The monoisotopic (exact) mass is 249 g/mol. The molecule has 1 aliphatic heterocycles. The summed E-state index contributed by atoms with van der Waals surface area (Å²) in [5, 5.41) is 2.94. The Morgan fingerprint density at radius 3 is 2.76 bits per heavy atom. The van der Waals surface area contributed by atoms with Crippen LogP contribution in [-0.2, 0) is 0 Å². The normalized spacial score (nSPS) is 17.0. The van der Waals surface area contributed by atoms with Gasteiger partial charge in [-0.3, -0.25) is 4.79 Å². The molecule has 2 rings (SSSR count). The minimum absolute atomic E-state index is 0.210. The highest BCUT2D eigenvalue weighted by atomic mass is 32.2. The van der Waals surface area contributed by atoms with E-state index >= 15 is 0 Å². The van der Waals surface area contributed by atoms with Gasteiger partial charge < -0.3 is 5.32 Å². The van der Waals surface area contributed by atoms with Gasteiger partial charge in [0.15, 0.2) is 5.78 Å². The quantitative estimate of drug-likeness (QED) is 0.832. The zero-order valence-electron chi connectivity index (χ0n) is 10.2. The SMILES string of the molecule is CNCC(=O)c1ccccc1C1CCSCC1. The average Bonchev–Trinajstić information content (AvgIpc) is 2.40. The Kier molecular flexibility index (Phi) is 4.63. The summed E-state index contributed by atoms with van der Waals surface area (Å²) >= 11 is 2.02. The molecule has 0 amide bonds. The van der Waals surface area contributed by atoms with E-state index in [-0.39, 0.29) is 5.78 Å². The highest BCUT2D eigenvalue weighted by Gasteiger charge is 2.20. The van der Waals surface area contributed by atoms with Gasteiger partial charge in [0.25, 0.3) is 0 Å². The van der Waals surface area contributed by atoms with E-state index in [0.29, 0.717) is 12.5 Å². The maximum Gasteiger partial charge on any atom is 0.176 e. The lowest BCUT2D eigenvalue weighted by atomic mass is 9.88. The van der Waals surface area contributed by atoms with Gasteiger partial charge in [-0.1, -0.05) is 24.3 Å². The first kappa shape index (κ1) is 12.7. The third-order valence-electron chi connectivity index (χ3n) is 3.26. The number of ketones is 1. The molecule has 0 radical (unpaired) electrons. The predicted molar refractivity (Wildman–Crippen MR) is 74.0 cm³/mol. The van der Waals surface area contributed by atoms with Crippen LogP contribution in [0.5, 0.6) is 0 Å². The second-order valence-electron chi connectivity index (χ2n) is 4.43. The van der Waals surface area contributed by atoms with Gasteiger partial charge >= 0.3 is 0 Å². The zero-order chi connectivity index (χ0) is 12.1. The van der Waals surface area contributed by atoms with E-state index in [1.807, 2.05) is 37.0 Å². The second-order valence-corrected chi connectivity index (χ2v) is 5.65. The Morgan fingerprint density at radius 2 is 2.06 bits per heavy atom. The van der Waals surface area contributed by atoms with Crippen LogP contribution >= 0.6 is 11.8 Å². The van der Waals surface area contributed by atoms with Gasteiger partial charge in [0, 0.05) is 5.56 Å². The highest BCUT2D eigenvalue weighted by molar-refractivity contribution is 7.99.